The molecule has 0 heterocycles. The van der Waals surface area contributed by atoms with Crippen molar-refractivity contribution in [3.05, 3.63) is 48.6 Å². The Morgan fingerprint density at radius 2 is 1.44 bits per heavy atom. The second kappa shape index (κ2) is 20.4. The fourth-order valence-corrected chi connectivity index (χ4v) is 2.06. The van der Waals surface area contributed by atoms with Crippen molar-refractivity contribution >= 4 is 5.97 Å². The lowest BCUT2D eigenvalue weighted by molar-refractivity contribution is -0.490. The Bertz CT molecular complexity index is 410. The first-order chi connectivity index (χ1) is 12.3. The molecule has 0 aromatic heterocycles. The number of allylic oxidation sites excluding steroid dienone is 8. The SMILES string of the molecule is O=C(O)CCC/C=C\C/C=C\C=C\CC/C=C\CCCCCOOO. The molecule has 0 spiro atoms. The van der Waals surface area contributed by atoms with Gasteiger partial charge in [0.1, 0.15) is 0 Å². The van der Waals surface area contributed by atoms with Gasteiger partial charge in [0, 0.05) is 6.42 Å². The second-order valence-electron chi connectivity index (χ2n) is 5.64. The van der Waals surface area contributed by atoms with Gasteiger partial charge in [0.2, 0.25) is 0 Å². The van der Waals surface area contributed by atoms with E-state index in [1.807, 2.05) is 12.2 Å². The fourth-order valence-electron chi connectivity index (χ4n) is 2.06. The summed E-state index contributed by atoms with van der Waals surface area (Å²) in [6, 6.07) is 0. The maximum absolute atomic E-state index is 10.3. The molecule has 0 saturated heterocycles. The molecule has 0 amide bonds. The summed E-state index contributed by atoms with van der Waals surface area (Å²) in [5.74, 6) is -0.729. The summed E-state index contributed by atoms with van der Waals surface area (Å²) < 4.78 is 0. The summed E-state index contributed by atoms with van der Waals surface area (Å²) in [7, 11) is 0. The monoisotopic (exact) mass is 352 g/mol. The van der Waals surface area contributed by atoms with Crippen LogP contribution in [0.1, 0.15) is 64.2 Å². The molecule has 0 aliphatic heterocycles. The molecule has 0 rings (SSSR count). The lowest BCUT2D eigenvalue weighted by atomic mass is 10.2. The normalized spacial score (nSPS) is 12.4. The van der Waals surface area contributed by atoms with Crippen LogP contribution in [0.5, 0.6) is 0 Å². The van der Waals surface area contributed by atoms with E-state index in [-0.39, 0.29) is 6.42 Å². The quantitative estimate of drug-likeness (QED) is 0.117. The van der Waals surface area contributed by atoms with Gasteiger partial charge in [-0.2, -0.15) is 0 Å². The molecule has 5 heteroatoms. The predicted octanol–water partition coefficient (Wildman–Crippen LogP) is 5.62. The van der Waals surface area contributed by atoms with E-state index >= 15 is 0 Å². The van der Waals surface area contributed by atoms with Gasteiger partial charge >= 0.3 is 5.97 Å². The largest absolute Gasteiger partial charge is 0.481 e. The van der Waals surface area contributed by atoms with Gasteiger partial charge < -0.3 is 5.11 Å². The molecule has 0 unspecified atom stereocenters. The van der Waals surface area contributed by atoms with Crippen molar-refractivity contribution in [3.8, 4) is 0 Å². The van der Waals surface area contributed by atoms with Crippen LogP contribution in [0.25, 0.3) is 0 Å². The van der Waals surface area contributed by atoms with Gasteiger partial charge in [-0.05, 0) is 51.4 Å². The molecule has 2 N–H and O–H groups in total. The number of aliphatic carboxylic acids is 1. The standard InChI is InChI=1S/C20H32O5/c21-20(22)18-16-14-12-10-8-6-4-2-1-3-5-7-9-11-13-15-17-19-24-25-23/h1-2,4,6-7,9-10,12,23H,3,5,8,11,13-19H2,(H,21,22)/b2-1+,6-4-,9-7-,12-10-. The summed E-state index contributed by atoms with van der Waals surface area (Å²) in [4.78, 5) is 14.7. The summed E-state index contributed by atoms with van der Waals surface area (Å²) in [5.41, 5.74) is 0. The Morgan fingerprint density at radius 3 is 2.24 bits per heavy atom. The van der Waals surface area contributed by atoms with Crippen molar-refractivity contribution in [2.45, 2.75) is 64.2 Å². The van der Waals surface area contributed by atoms with Crippen molar-refractivity contribution < 1.29 is 25.1 Å². The van der Waals surface area contributed by atoms with Crippen molar-refractivity contribution in [2.24, 2.45) is 0 Å². The third-order valence-corrected chi connectivity index (χ3v) is 3.40. The smallest absolute Gasteiger partial charge is 0.303 e. The maximum Gasteiger partial charge on any atom is 0.303 e. The topological polar surface area (TPSA) is 76.0 Å². The van der Waals surface area contributed by atoms with Crippen LogP contribution in [0.2, 0.25) is 0 Å². The molecular weight excluding hydrogens is 320 g/mol. The van der Waals surface area contributed by atoms with E-state index < -0.39 is 5.97 Å². The van der Waals surface area contributed by atoms with Crippen LogP contribution in [0, 0.1) is 0 Å². The van der Waals surface area contributed by atoms with Crippen LogP contribution < -0.4 is 0 Å². The van der Waals surface area contributed by atoms with Gasteiger partial charge in [0.25, 0.3) is 0 Å². The number of rotatable bonds is 17. The highest BCUT2D eigenvalue weighted by atomic mass is 17.5. The Balaban J connectivity index is 3.37. The van der Waals surface area contributed by atoms with Crippen molar-refractivity contribution in [1.82, 2.24) is 0 Å². The molecule has 0 aliphatic carbocycles. The zero-order valence-corrected chi connectivity index (χ0v) is 15.0. The van der Waals surface area contributed by atoms with Gasteiger partial charge in [-0.3, -0.25) is 4.79 Å². The van der Waals surface area contributed by atoms with E-state index in [1.54, 1.807) is 0 Å². The van der Waals surface area contributed by atoms with Gasteiger partial charge in [-0.1, -0.05) is 60.1 Å². The molecule has 0 saturated carbocycles. The van der Waals surface area contributed by atoms with Crippen LogP contribution >= 0.6 is 0 Å². The second-order valence-corrected chi connectivity index (χ2v) is 5.64. The van der Waals surface area contributed by atoms with E-state index in [0.717, 1.165) is 51.4 Å². The fraction of sp³-hybridized carbons (Fsp3) is 0.550. The average molecular weight is 352 g/mol. The highest BCUT2D eigenvalue weighted by Gasteiger charge is 1.92. The molecule has 0 atom stereocenters. The Hall–Kier alpha value is -1.69. The summed E-state index contributed by atoms with van der Waals surface area (Å²) in [6.07, 6.45) is 25.8. The van der Waals surface area contributed by atoms with Crippen LogP contribution in [0.15, 0.2) is 48.6 Å². The Kier molecular flexibility index (Phi) is 19.0. The first kappa shape index (κ1) is 23.3. The first-order valence-corrected chi connectivity index (χ1v) is 9.04. The molecule has 142 valence electrons. The molecule has 0 aliphatic rings. The van der Waals surface area contributed by atoms with E-state index in [4.69, 9.17) is 10.4 Å². The van der Waals surface area contributed by atoms with Crippen molar-refractivity contribution in [2.75, 3.05) is 6.61 Å². The van der Waals surface area contributed by atoms with Crippen molar-refractivity contribution in [1.29, 1.82) is 0 Å². The minimum absolute atomic E-state index is 0.242. The van der Waals surface area contributed by atoms with Gasteiger partial charge in [-0.15, -0.1) is 0 Å². The summed E-state index contributed by atoms with van der Waals surface area (Å²) in [6.45, 7) is 0.430. The van der Waals surface area contributed by atoms with Crippen LogP contribution in [-0.4, -0.2) is 22.9 Å². The van der Waals surface area contributed by atoms with Gasteiger partial charge in [0.15, 0.2) is 0 Å². The molecule has 0 bridgehead atoms. The first-order valence-electron chi connectivity index (χ1n) is 9.04. The summed E-state index contributed by atoms with van der Waals surface area (Å²) >= 11 is 0. The highest BCUT2D eigenvalue weighted by molar-refractivity contribution is 5.66. The number of hydrogen-bond donors (Lipinski definition) is 2. The van der Waals surface area contributed by atoms with Crippen LogP contribution in [-0.2, 0) is 14.7 Å². The van der Waals surface area contributed by atoms with E-state index in [9.17, 15) is 4.79 Å². The Morgan fingerprint density at radius 1 is 0.760 bits per heavy atom. The van der Waals surface area contributed by atoms with Gasteiger partial charge in [-0.25, -0.2) is 10.1 Å². The van der Waals surface area contributed by atoms with E-state index in [0.29, 0.717) is 13.0 Å². The molecule has 25 heavy (non-hydrogen) atoms. The summed E-state index contributed by atoms with van der Waals surface area (Å²) in [5, 5.41) is 20.0. The predicted molar refractivity (Wildman–Crippen MR) is 100 cm³/mol. The lowest BCUT2D eigenvalue weighted by Crippen LogP contribution is -1.92. The molecule has 0 radical (unpaired) electrons. The minimum Gasteiger partial charge on any atom is -0.481 e. The third-order valence-electron chi connectivity index (χ3n) is 3.40. The maximum atomic E-state index is 10.3. The number of unbranched alkanes of at least 4 members (excludes halogenated alkanes) is 5. The minimum atomic E-state index is -0.729. The Labute approximate surface area is 151 Å². The molecular formula is C20H32O5. The highest BCUT2D eigenvalue weighted by Crippen LogP contribution is 2.03. The third kappa shape index (κ3) is 22.3. The number of carboxylic acids is 1. The molecule has 0 aromatic carbocycles. The van der Waals surface area contributed by atoms with E-state index in [2.05, 4.69) is 46.4 Å². The van der Waals surface area contributed by atoms with Crippen LogP contribution in [0.4, 0.5) is 0 Å². The zero-order valence-electron chi connectivity index (χ0n) is 15.0. The van der Waals surface area contributed by atoms with Crippen molar-refractivity contribution in [3.63, 3.8) is 0 Å². The van der Waals surface area contributed by atoms with E-state index in [1.165, 1.54) is 0 Å². The number of carboxylic acid groups (broad SMARTS) is 1. The lowest BCUT2D eigenvalue weighted by Gasteiger charge is -1.97. The van der Waals surface area contributed by atoms with Crippen LogP contribution in [0.3, 0.4) is 0 Å². The molecule has 0 aromatic rings. The number of hydrogen-bond acceptors (Lipinski definition) is 4. The van der Waals surface area contributed by atoms with Gasteiger partial charge in [0.05, 0.1) is 6.61 Å². The molecule has 0 fully saturated rings. The number of carbonyl (C=O) groups is 1. The average Bonchev–Trinajstić information content (AvgIpc) is 2.60. The zero-order chi connectivity index (χ0) is 18.4. The molecule has 5 nitrogen and oxygen atoms in total.